The third-order valence-electron chi connectivity index (χ3n) is 0.865. The fraction of sp³-hybridized carbons (Fsp3) is 0.800. The Morgan fingerprint density at radius 2 is 2.50 bits per heavy atom. The highest BCUT2D eigenvalue weighted by molar-refractivity contribution is 5.50. The van der Waals surface area contributed by atoms with Gasteiger partial charge in [0.1, 0.15) is 13.0 Å². The number of hydrogen-bond acceptors (Lipinski definition) is 2. The van der Waals surface area contributed by atoms with Crippen molar-refractivity contribution in [1.29, 1.82) is 0 Å². The maximum absolute atomic E-state index is 11.6. The first-order valence-corrected chi connectivity index (χ1v) is 2.37. The van der Waals surface area contributed by atoms with E-state index in [1.807, 2.05) is 0 Å². The Balaban J connectivity index is 3.20. The second-order valence-corrected chi connectivity index (χ2v) is 1.41. The molecule has 0 aromatic rings. The fourth-order valence-corrected chi connectivity index (χ4v) is 0.330. The second-order valence-electron chi connectivity index (χ2n) is 1.41. The predicted octanol–water partition coefficient (Wildman–Crippen LogP) is 0.560. The van der Waals surface area contributed by atoms with E-state index in [9.17, 15) is 9.18 Å². The summed E-state index contributed by atoms with van der Waals surface area (Å²) in [5.74, 6) is 0. The average molecular weight is 120 g/mol. The van der Waals surface area contributed by atoms with Crippen LogP contribution in [0, 0.1) is 0 Å². The number of alkyl halides is 1. The van der Waals surface area contributed by atoms with E-state index in [-0.39, 0.29) is 6.42 Å². The van der Waals surface area contributed by atoms with Crippen LogP contribution in [-0.4, -0.2) is 26.2 Å². The number of halogens is 1. The summed E-state index contributed by atoms with van der Waals surface area (Å²) < 4.78 is 16.1. The lowest BCUT2D eigenvalue weighted by Gasteiger charge is -2.04. The van der Waals surface area contributed by atoms with E-state index in [0.717, 1.165) is 0 Å². The average Bonchev–Trinajstić information content (AvgIpc) is 1.83. The zero-order chi connectivity index (χ0) is 6.41. The molecule has 0 amide bonds. The molecule has 1 unspecified atom stereocenters. The van der Waals surface area contributed by atoms with Crippen LogP contribution in [0.3, 0.4) is 0 Å². The number of ether oxygens (including phenoxy) is 1. The number of carbonyl (C=O) groups is 1. The van der Waals surface area contributed by atoms with Gasteiger partial charge in [-0.2, -0.15) is 0 Å². The molecule has 0 radical (unpaired) electrons. The van der Waals surface area contributed by atoms with Crippen LogP contribution in [0.2, 0.25) is 0 Å². The van der Waals surface area contributed by atoms with Crippen molar-refractivity contribution < 1.29 is 13.9 Å². The van der Waals surface area contributed by atoms with Crippen molar-refractivity contribution >= 4 is 6.29 Å². The van der Waals surface area contributed by atoms with Gasteiger partial charge in [0.25, 0.3) is 0 Å². The van der Waals surface area contributed by atoms with Gasteiger partial charge in [-0.1, -0.05) is 0 Å². The summed E-state index contributed by atoms with van der Waals surface area (Å²) in [7, 11) is 1.38. The Morgan fingerprint density at radius 1 is 1.88 bits per heavy atom. The van der Waals surface area contributed by atoms with Gasteiger partial charge in [-0.05, 0) is 0 Å². The van der Waals surface area contributed by atoms with Crippen molar-refractivity contribution in [3.63, 3.8) is 0 Å². The summed E-state index contributed by atoms with van der Waals surface area (Å²) in [6.07, 6.45) is 0.258. The molecule has 0 aromatic carbocycles. The molecular formula is C5H9FO2. The van der Waals surface area contributed by atoms with Crippen LogP contribution < -0.4 is 0 Å². The highest BCUT2D eigenvalue weighted by Gasteiger charge is 2.02. The van der Waals surface area contributed by atoms with E-state index < -0.39 is 12.8 Å². The highest BCUT2D eigenvalue weighted by atomic mass is 19.1. The lowest BCUT2D eigenvalue weighted by Crippen LogP contribution is -2.12. The largest absolute Gasteiger partial charge is 0.378 e. The molecule has 0 fully saturated rings. The van der Waals surface area contributed by atoms with Crippen LogP contribution in [-0.2, 0) is 9.53 Å². The van der Waals surface area contributed by atoms with Crippen LogP contribution >= 0.6 is 0 Å². The molecule has 8 heavy (non-hydrogen) atoms. The lowest BCUT2D eigenvalue weighted by molar-refractivity contribution is -0.110. The molecule has 0 saturated carbocycles. The smallest absolute Gasteiger partial charge is 0.122 e. The van der Waals surface area contributed by atoms with Crippen LogP contribution in [0.4, 0.5) is 4.39 Å². The standard InChI is InChI=1S/C5H9FO2/c1-8-5(4-6)2-3-7/h3,5H,2,4H2,1H3. The monoisotopic (exact) mass is 120 g/mol. The Kier molecular flexibility index (Phi) is 4.45. The zero-order valence-electron chi connectivity index (χ0n) is 4.76. The van der Waals surface area contributed by atoms with Crippen molar-refractivity contribution in [2.45, 2.75) is 12.5 Å². The molecule has 0 rings (SSSR count). The molecule has 48 valence electrons. The van der Waals surface area contributed by atoms with E-state index in [4.69, 9.17) is 0 Å². The third kappa shape index (κ3) is 2.69. The van der Waals surface area contributed by atoms with Gasteiger partial charge < -0.3 is 9.53 Å². The number of rotatable bonds is 4. The van der Waals surface area contributed by atoms with Gasteiger partial charge in [-0.3, -0.25) is 0 Å². The first kappa shape index (κ1) is 7.56. The first-order chi connectivity index (χ1) is 3.85. The van der Waals surface area contributed by atoms with E-state index in [1.54, 1.807) is 0 Å². The molecule has 0 saturated heterocycles. The summed E-state index contributed by atoms with van der Waals surface area (Å²) in [6.45, 7) is -0.588. The molecule has 0 aliphatic carbocycles. The number of aldehydes is 1. The molecule has 0 aliphatic heterocycles. The Labute approximate surface area is 47.6 Å². The molecule has 1 atom stereocenters. The molecule has 0 heterocycles. The summed E-state index contributed by atoms with van der Waals surface area (Å²) in [6, 6.07) is 0. The van der Waals surface area contributed by atoms with E-state index in [2.05, 4.69) is 4.74 Å². The maximum atomic E-state index is 11.6. The topological polar surface area (TPSA) is 26.3 Å². The van der Waals surface area contributed by atoms with Crippen LogP contribution in [0.1, 0.15) is 6.42 Å². The van der Waals surface area contributed by atoms with Gasteiger partial charge in [-0.25, -0.2) is 4.39 Å². The Morgan fingerprint density at radius 3 is 2.62 bits per heavy atom. The van der Waals surface area contributed by atoms with Crippen molar-refractivity contribution in [2.24, 2.45) is 0 Å². The molecule has 0 N–H and O–H groups in total. The molecule has 0 aliphatic rings. The summed E-state index contributed by atoms with van der Waals surface area (Å²) in [5, 5.41) is 0. The second kappa shape index (κ2) is 4.71. The van der Waals surface area contributed by atoms with Crippen molar-refractivity contribution in [1.82, 2.24) is 0 Å². The van der Waals surface area contributed by atoms with Crippen molar-refractivity contribution in [3.8, 4) is 0 Å². The minimum Gasteiger partial charge on any atom is -0.378 e. The first-order valence-electron chi connectivity index (χ1n) is 2.37. The number of methoxy groups -OCH3 is 1. The molecule has 0 aromatic heterocycles. The lowest BCUT2D eigenvalue weighted by atomic mass is 10.3. The van der Waals surface area contributed by atoms with Crippen LogP contribution in [0.15, 0.2) is 0 Å². The van der Waals surface area contributed by atoms with Gasteiger partial charge in [0.15, 0.2) is 0 Å². The normalized spacial score (nSPS) is 13.2. The van der Waals surface area contributed by atoms with Crippen LogP contribution in [0.25, 0.3) is 0 Å². The van der Waals surface area contributed by atoms with Gasteiger partial charge in [0, 0.05) is 13.5 Å². The molecule has 0 bridgehead atoms. The van der Waals surface area contributed by atoms with Gasteiger partial charge in [0.2, 0.25) is 0 Å². The zero-order valence-corrected chi connectivity index (χ0v) is 4.76. The Hall–Kier alpha value is -0.440. The molecule has 2 nitrogen and oxygen atoms in total. The Bertz CT molecular complexity index is 61.4. The maximum Gasteiger partial charge on any atom is 0.122 e. The van der Waals surface area contributed by atoms with Crippen LogP contribution in [0.5, 0.6) is 0 Å². The van der Waals surface area contributed by atoms with Crippen molar-refractivity contribution in [2.75, 3.05) is 13.8 Å². The minimum atomic E-state index is -0.588. The molecule has 3 heteroatoms. The molecular weight excluding hydrogens is 111 g/mol. The van der Waals surface area contributed by atoms with Gasteiger partial charge in [-0.15, -0.1) is 0 Å². The summed E-state index contributed by atoms with van der Waals surface area (Å²) >= 11 is 0. The van der Waals surface area contributed by atoms with E-state index in [0.29, 0.717) is 6.29 Å². The fourth-order valence-electron chi connectivity index (χ4n) is 0.330. The predicted molar refractivity (Wildman–Crippen MR) is 27.5 cm³/mol. The van der Waals surface area contributed by atoms with Gasteiger partial charge >= 0.3 is 0 Å². The number of hydrogen-bond donors (Lipinski definition) is 0. The summed E-state index contributed by atoms with van der Waals surface area (Å²) in [5.41, 5.74) is 0. The molecule has 0 spiro atoms. The number of carbonyl (C=O) groups excluding carboxylic acids is 1. The van der Waals surface area contributed by atoms with E-state index in [1.165, 1.54) is 7.11 Å². The third-order valence-corrected chi connectivity index (χ3v) is 0.865. The quantitative estimate of drug-likeness (QED) is 0.507. The van der Waals surface area contributed by atoms with Crippen molar-refractivity contribution in [3.05, 3.63) is 0 Å². The van der Waals surface area contributed by atoms with Gasteiger partial charge in [0.05, 0.1) is 6.10 Å². The highest BCUT2D eigenvalue weighted by Crippen LogP contribution is 1.93. The SMILES string of the molecule is COC(CF)CC=O. The minimum absolute atomic E-state index is 0.146. The van der Waals surface area contributed by atoms with E-state index >= 15 is 0 Å². The summed E-state index contributed by atoms with van der Waals surface area (Å²) in [4.78, 5) is 9.69.